The van der Waals surface area contributed by atoms with Crippen molar-refractivity contribution >= 4 is 16.1 Å². The Morgan fingerprint density at radius 3 is 2.21 bits per heavy atom. The van der Waals surface area contributed by atoms with Crippen LogP contribution in [0.3, 0.4) is 0 Å². The second-order valence-corrected chi connectivity index (χ2v) is 7.33. The molecule has 0 saturated carbocycles. The van der Waals surface area contributed by atoms with Crippen LogP contribution in [0.5, 0.6) is 5.75 Å². The van der Waals surface area contributed by atoms with Gasteiger partial charge in [0.1, 0.15) is 10.6 Å². The Labute approximate surface area is 142 Å². The zero-order valence-corrected chi connectivity index (χ0v) is 14.9. The van der Waals surface area contributed by atoms with Crippen molar-refractivity contribution in [1.82, 2.24) is 0 Å². The van der Waals surface area contributed by atoms with Crippen LogP contribution in [0.1, 0.15) is 41.3 Å². The number of esters is 1. The molecule has 0 aromatic heterocycles. The van der Waals surface area contributed by atoms with Crippen molar-refractivity contribution in [3.05, 3.63) is 59.2 Å². The average molecular weight is 348 g/mol. The van der Waals surface area contributed by atoms with E-state index in [1.165, 1.54) is 31.4 Å². The van der Waals surface area contributed by atoms with Gasteiger partial charge in [0.2, 0.25) is 0 Å². The highest BCUT2D eigenvalue weighted by Gasteiger charge is 2.18. The molecule has 0 aliphatic heterocycles. The third-order valence-corrected chi connectivity index (χ3v) is 4.77. The first-order valence-corrected chi connectivity index (χ1v) is 8.88. The van der Waals surface area contributed by atoms with Crippen molar-refractivity contribution in [2.24, 2.45) is 0 Å². The fourth-order valence-electron chi connectivity index (χ4n) is 2.21. The summed E-state index contributed by atoms with van der Waals surface area (Å²) >= 11 is 0. The van der Waals surface area contributed by atoms with Gasteiger partial charge in [-0.2, -0.15) is 8.42 Å². The monoisotopic (exact) mass is 348 g/mol. The highest BCUT2D eigenvalue weighted by molar-refractivity contribution is 7.87. The van der Waals surface area contributed by atoms with Crippen LogP contribution in [0.15, 0.2) is 47.4 Å². The smallest absolute Gasteiger partial charge is 0.339 e. The zero-order chi connectivity index (χ0) is 17.9. The summed E-state index contributed by atoms with van der Waals surface area (Å²) in [6.45, 7) is 5.94. The lowest BCUT2D eigenvalue weighted by atomic mass is 10.0. The van der Waals surface area contributed by atoms with E-state index in [-0.39, 0.29) is 22.1 Å². The number of benzene rings is 2. The van der Waals surface area contributed by atoms with E-state index in [0.29, 0.717) is 0 Å². The highest BCUT2D eigenvalue weighted by Crippen LogP contribution is 2.25. The van der Waals surface area contributed by atoms with Crippen LogP contribution in [0.25, 0.3) is 0 Å². The largest absolute Gasteiger partial charge is 0.465 e. The number of methoxy groups -OCH3 is 1. The standard InChI is InChI=1S/C18H20O5S/c1-12(2)15-9-13(3)10-16(11-15)23-24(20,21)17-7-5-14(6-8-17)18(19)22-4/h5-12H,1-4H3. The van der Waals surface area contributed by atoms with Crippen molar-refractivity contribution in [1.29, 1.82) is 0 Å². The average Bonchev–Trinajstić information content (AvgIpc) is 2.53. The van der Waals surface area contributed by atoms with Gasteiger partial charge in [-0.3, -0.25) is 0 Å². The second kappa shape index (κ2) is 7.05. The normalized spacial score (nSPS) is 11.4. The lowest BCUT2D eigenvalue weighted by molar-refractivity contribution is 0.0600. The molecule has 0 aliphatic rings. The Kier molecular flexibility index (Phi) is 5.29. The van der Waals surface area contributed by atoms with Gasteiger partial charge in [0.15, 0.2) is 0 Å². The van der Waals surface area contributed by atoms with Crippen molar-refractivity contribution in [2.75, 3.05) is 7.11 Å². The van der Waals surface area contributed by atoms with E-state index in [4.69, 9.17) is 4.18 Å². The summed E-state index contributed by atoms with van der Waals surface area (Å²) in [5.74, 6) is 0.00478. The molecule has 0 amide bonds. The molecule has 0 heterocycles. The summed E-state index contributed by atoms with van der Waals surface area (Å²) in [7, 11) is -2.71. The van der Waals surface area contributed by atoms with Crippen LogP contribution in [0, 0.1) is 6.92 Å². The van der Waals surface area contributed by atoms with Crippen LogP contribution >= 0.6 is 0 Å². The summed E-state index contributed by atoms with van der Waals surface area (Å²) in [5, 5.41) is 0. The van der Waals surface area contributed by atoms with Crippen LogP contribution in [-0.2, 0) is 14.9 Å². The molecule has 128 valence electrons. The minimum absolute atomic E-state index is 0.0252. The first-order valence-electron chi connectivity index (χ1n) is 7.47. The maximum Gasteiger partial charge on any atom is 0.339 e. The zero-order valence-electron chi connectivity index (χ0n) is 14.1. The second-order valence-electron chi connectivity index (χ2n) is 5.79. The SMILES string of the molecule is COC(=O)c1ccc(S(=O)(=O)Oc2cc(C)cc(C(C)C)c2)cc1. The van der Waals surface area contributed by atoms with Gasteiger partial charge in [-0.15, -0.1) is 0 Å². The molecule has 2 aromatic rings. The van der Waals surface area contributed by atoms with E-state index < -0.39 is 16.1 Å². The molecule has 0 saturated heterocycles. The molecule has 0 spiro atoms. The minimum atomic E-state index is -3.97. The highest BCUT2D eigenvalue weighted by atomic mass is 32.2. The Bertz CT molecular complexity index is 836. The summed E-state index contributed by atoms with van der Waals surface area (Å²) in [5.41, 5.74) is 2.20. The van der Waals surface area contributed by atoms with E-state index in [9.17, 15) is 13.2 Å². The molecule has 0 fully saturated rings. The number of carbonyl (C=O) groups is 1. The van der Waals surface area contributed by atoms with E-state index >= 15 is 0 Å². The van der Waals surface area contributed by atoms with Crippen molar-refractivity contribution in [3.63, 3.8) is 0 Å². The fourth-order valence-corrected chi connectivity index (χ4v) is 3.12. The van der Waals surface area contributed by atoms with Gasteiger partial charge in [-0.25, -0.2) is 4.79 Å². The molecule has 0 aliphatic carbocycles. The third-order valence-electron chi connectivity index (χ3n) is 3.51. The Balaban J connectivity index is 2.30. The van der Waals surface area contributed by atoms with Gasteiger partial charge in [0, 0.05) is 0 Å². The predicted octanol–water partition coefficient (Wildman–Crippen LogP) is 3.67. The summed E-state index contributed by atoms with van der Waals surface area (Å²) < 4.78 is 34.6. The van der Waals surface area contributed by atoms with Gasteiger partial charge >= 0.3 is 16.1 Å². The van der Waals surface area contributed by atoms with Gasteiger partial charge in [-0.05, 0) is 60.4 Å². The Morgan fingerprint density at radius 1 is 1.04 bits per heavy atom. The molecule has 0 radical (unpaired) electrons. The molecule has 0 N–H and O–H groups in total. The number of rotatable bonds is 5. The van der Waals surface area contributed by atoms with E-state index in [1.54, 1.807) is 12.1 Å². The van der Waals surface area contributed by atoms with Crippen LogP contribution in [-0.4, -0.2) is 21.5 Å². The lowest BCUT2D eigenvalue weighted by Crippen LogP contribution is -2.11. The van der Waals surface area contributed by atoms with E-state index in [1.807, 2.05) is 26.8 Å². The van der Waals surface area contributed by atoms with Gasteiger partial charge < -0.3 is 8.92 Å². The maximum atomic E-state index is 12.4. The maximum absolute atomic E-state index is 12.4. The first-order chi connectivity index (χ1) is 11.2. The Hall–Kier alpha value is -2.34. The van der Waals surface area contributed by atoms with Crippen molar-refractivity contribution in [2.45, 2.75) is 31.6 Å². The molecule has 0 bridgehead atoms. The quantitative estimate of drug-likeness (QED) is 0.609. The number of aryl methyl sites for hydroxylation is 1. The lowest BCUT2D eigenvalue weighted by Gasteiger charge is -2.12. The molecule has 2 aromatic carbocycles. The number of carbonyl (C=O) groups excluding carboxylic acids is 1. The topological polar surface area (TPSA) is 69.7 Å². The fraction of sp³-hybridized carbons (Fsp3) is 0.278. The van der Waals surface area contributed by atoms with Crippen molar-refractivity contribution in [3.8, 4) is 5.75 Å². The summed E-state index contributed by atoms with van der Waals surface area (Å²) in [4.78, 5) is 11.4. The Morgan fingerprint density at radius 2 is 1.67 bits per heavy atom. The molecule has 0 unspecified atom stereocenters. The minimum Gasteiger partial charge on any atom is -0.465 e. The third kappa shape index (κ3) is 4.14. The van der Waals surface area contributed by atoms with Gasteiger partial charge in [0.05, 0.1) is 12.7 Å². The predicted molar refractivity (Wildman–Crippen MR) is 90.9 cm³/mol. The molecule has 5 nitrogen and oxygen atoms in total. The molecule has 24 heavy (non-hydrogen) atoms. The van der Waals surface area contributed by atoms with Gasteiger partial charge in [0.25, 0.3) is 0 Å². The number of ether oxygens (including phenoxy) is 1. The molecular formula is C18H20O5S. The van der Waals surface area contributed by atoms with E-state index in [0.717, 1.165) is 11.1 Å². The van der Waals surface area contributed by atoms with Crippen LogP contribution in [0.4, 0.5) is 0 Å². The molecular weight excluding hydrogens is 328 g/mol. The van der Waals surface area contributed by atoms with Crippen molar-refractivity contribution < 1.29 is 22.1 Å². The molecule has 2 rings (SSSR count). The van der Waals surface area contributed by atoms with E-state index in [2.05, 4.69) is 4.74 Å². The number of hydrogen-bond acceptors (Lipinski definition) is 5. The molecule has 0 atom stereocenters. The van der Waals surface area contributed by atoms with Gasteiger partial charge in [-0.1, -0.05) is 19.9 Å². The summed E-state index contributed by atoms with van der Waals surface area (Å²) in [6.07, 6.45) is 0. The molecule has 6 heteroatoms. The van der Waals surface area contributed by atoms with Crippen LogP contribution in [0.2, 0.25) is 0 Å². The first kappa shape index (κ1) is 18.0. The van der Waals surface area contributed by atoms with Crippen LogP contribution < -0.4 is 4.18 Å². The number of hydrogen-bond donors (Lipinski definition) is 0. The summed E-state index contributed by atoms with van der Waals surface area (Å²) in [6, 6.07) is 10.8.